The van der Waals surface area contributed by atoms with Crippen molar-refractivity contribution in [2.24, 2.45) is 0 Å². The fourth-order valence-corrected chi connectivity index (χ4v) is 2.98. The molecule has 0 aliphatic heterocycles. The Balaban J connectivity index is 1.87. The van der Waals surface area contributed by atoms with E-state index in [9.17, 15) is 10.1 Å². The lowest BCUT2D eigenvalue weighted by Crippen LogP contribution is -2.18. The van der Waals surface area contributed by atoms with E-state index in [0.717, 1.165) is 24.8 Å². The van der Waals surface area contributed by atoms with Crippen molar-refractivity contribution in [3.05, 3.63) is 52.6 Å². The predicted molar refractivity (Wildman–Crippen MR) is 88.4 cm³/mol. The standard InChI is InChI=1S/C17H19N3O3/c1-23-14-8-7-13(11-14)18-16-10-9-15(20(21)22)17(19-16)12-5-3-2-4-6-12/h2-6,9-10,13-14H,7-8,11H2,1H3,(H,18,19). The summed E-state index contributed by atoms with van der Waals surface area (Å²) in [7, 11) is 1.73. The Kier molecular flexibility index (Phi) is 4.52. The molecule has 0 saturated heterocycles. The summed E-state index contributed by atoms with van der Waals surface area (Å²) in [6, 6.07) is 12.7. The van der Waals surface area contributed by atoms with Gasteiger partial charge in [-0.05, 0) is 25.3 Å². The largest absolute Gasteiger partial charge is 0.381 e. The number of aromatic nitrogens is 1. The first-order chi connectivity index (χ1) is 11.2. The predicted octanol–water partition coefficient (Wildman–Crippen LogP) is 3.64. The van der Waals surface area contributed by atoms with E-state index >= 15 is 0 Å². The quantitative estimate of drug-likeness (QED) is 0.673. The van der Waals surface area contributed by atoms with E-state index in [1.165, 1.54) is 6.07 Å². The fraction of sp³-hybridized carbons (Fsp3) is 0.353. The molecule has 1 aromatic heterocycles. The van der Waals surface area contributed by atoms with Crippen molar-refractivity contribution in [1.82, 2.24) is 4.98 Å². The minimum Gasteiger partial charge on any atom is -0.381 e. The maximum atomic E-state index is 11.3. The molecule has 23 heavy (non-hydrogen) atoms. The number of ether oxygens (including phenoxy) is 1. The fourth-order valence-electron chi connectivity index (χ4n) is 2.98. The molecule has 0 bridgehead atoms. The highest BCUT2D eigenvalue weighted by molar-refractivity contribution is 5.71. The van der Waals surface area contributed by atoms with Gasteiger partial charge in [-0.25, -0.2) is 4.98 Å². The van der Waals surface area contributed by atoms with Gasteiger partial charge in [0.15, 0.2) is 5.69 Å². The first-order valence-corrected chi connectivity index (χ1v) is 7.67. The second-order valence-corrected chi connectivity index (χ2v) is 5.70. The van der Waals surface area contributed by atoms with Crippen LogP contribution in [0.25, 0.3) is 11.3 Å². The summed E-state index contributed by atoms with van der Waals surface area (Å²) in [4.78, 5) is 15.4. The zero-order valence-electron chi connectivity index (χ0n) is 12.9. The molecule has 1 N–H and O–H groups in total. The number of nitrogens with zero attached hydrogens (tertiary/aromatic N) is 2. The van der Waals surface area contributed by atoms with Crippen LogP contribution in [0.2, 0.25) is 0 Å². The SMILES string of the molecule is COC1CCC(Nc2ccc([N+](=O)[O-])c(-c3ccccc3)n2)C1. The molecule has 3 rings (SSSR count). The molecule has 1 aromatic carbocycles. The van der Waals surface area contributed by atoms with E-state index in [0.29, 0.717) is 11.5 Å². The highest BCUT2D eigenvalue weighted by Crippen LogP contribution is 2.30. The van der Waals surface area contributed by atoms with Crippen LogP contribution in [0.3, 0.4) is 0 Å². The molecule has 2 atom stereocenters. The maximum absolute atomic E-state index is 11.3. The first-order valence-electron chi connectivity index (χ1n) is 7.67. The number of nitrogens with one attached hydrogen (secondary N) is 1. The van der Waals surface area contributed by atoms with Crippen molar-refractivity contribution in [2.75, 3.05) is 12.4 Å². The van der Waals surface area contributed by atoms with Gasteiger partial charge in [0, 0.05) is 24.8 Å². The van der Waals surface area contributed by atoms with Crippen LogP contribution in [0, 0.1) is 10.1 Å². The minimum absolute atomic E-state index is 0.0166. The van der Waals surface area contributed by atoms with Gasteiger partial charge in [0.2, 0.25) is 0 Å². The van der Waals surface area contributed by atoms with Gasteiger partial charge >= 0.3 is 0 Å². The molecule has 6 nitrogen and oxygen atoms in total. The number of pyridine rings is 1. The number of hydrogen-bond acceptors (Lipinski definition) is 5. The summed E-state index contributed by atoms with van der Waals surface area (Å²) in [6.45, 7) is 0. The second kappa shape index (κ2) is 6.75. The monoisotopic (exact) mass is 313 g/mol. The van der Waals surface area contributed by atoms with Crippen LogP contribution < -0.4 is 5.32 Å². The molecule has 6 heteroatoms. The Hall–Kier alpha value is -2.47. The van der Waals surface area contributed by atoms with Gasteiger partial charge in [-0.3, -0.25) is 10.1 Å². The molecule has 1 saturated carbocycles. The lowest BCUT2D eigenvalue weighted by molar-refractivity contribution is -0.384. The molecular weight excluding hydrogens is 294 g/mol. The first kappa shape index (κ1) is 15.4. The molecule has 1 aliphatic carbocycles. The lowest BCUT2D eigenvalue weighted by Gasteiger charge is -2.14. The lowest BCUT2D eigenvalue weighted by atomic mass is 10.1. The van der Waals surface area contributed by atoms with Crippen molar-refractivity contribution in [3.8, 4) is 11.3 Å². The zero-order chi connectivity index (χ0) is 16.2. The number of hydrogen-bond donors (Lipinski definition) is 1. The Bertz CT molecular complexity index is 691. The van der Waals surface area contributed by atoms with E-state index in [1.54, 1.807) is 13.2 Å². The van der Waals surface area contributed by atoms with E-state index in [4.69, 9.17) is 4.74 Å². The topological polar surface area (TPSA) is 77.3 Å². The third-order valence-corrected chi connectivity index (χ3v) is 4.19. The number of benzene rings is 1. The van der Waals surface area contributed by atoms with E-state index < -0.39 is 4.92 Å². The van der Waals surface area contributed by atoms with Gasteiger partial charge < -0.3 is 10.1 Å². The van der Waals surface area contributed by atoms with Crippen LogP contribution in [0.5, 0.6) is 0 Å². The third-order valence-electron chi connectivity index (χ3n) is 4.19. The van der Waals surface area contributed by atoms with Crippen molar-refractivity contribution in [1.29, 1.82) is 0 Å². The van der Waals surface area contributed by atoms with Gasteiger partial charge in [-0.15, -0.1) is 0 Å². The minimum atomic E-state index is -0.393. The van der Waals surface area contributed by atoms with Crippen LogP contribution in [0.1, 0.15) is 19.3 Å². The van der Waals surface area contributed by atoms with Crippen LogP contribution in [0.4, 0.5) is 11.5 Å². The molecule has 0 radical (unpaired) electrons. The van der Waals surface area contributed by atoms with E-state index in [-0.39, 0.29) is 17.8 Å². The van der Waals surface area contributed by atoms with Crippen molar-refractivity contribution < 1.29 is 9.66 Å². The van der Waals surface area contributed by atoms with Crippen LogP contribution in [0.15, 0.2) is 42.5 Å². The van der Waals surface area contributed by atoms with Gasteiger partial charge in [-0.1, -0.05) is 30.3 Å². The van der Waals surface area contributed by atoms with Crippen LogP contribution in [-0.2, 0) is 4.74 Å². The summed E-state index contributed by atoms with van der Waals surface area (Å²) < 4.78 is 5.37. The van der Waals surface area contributed by atoms with E-state index in [1.807, 2.05) is 30.3 Å². The summed E-state index contributed by atoms with van der Waals surface area (Å²) in [6.07, 6.45) is 3.24. The summed E-state index contributed by atoms with van der Waals surface area (Å²) >= 11 is 0. The van der Waals surface area contributed by atoms with E-state index in [2.05, 4.69) is 10.3 Å². The number of anilines is 1. The molecule has 120 valence electrons. The number of nitro groups is 1. The van der Waals surface area contributed by atoms with Crippen molar-refractivity contribution in [2.45, 2.75) is 31.4 Å². The second-order valence-electron chi connectivity index (χ2n) is 5.70. The Morgan fingerprint density at radius 3 is 2.65 bits per heavy atom. The van der Waals surface area contributed by atoms with Gasteiger partial charge in [0.1, 0.15) is 5.82 Å². The van der Waals surface area contributed by atoms with Crippen LogP contribution >= 0.6 is 0 Å². The van der Waals surface area contributed by atoms with Gasteiger partial charge in [0.05, 0.1) is 11.0 Å². The number of methoxy groups -OCH3 is 1. The smallest absolute Gasteiger partial charge is 0.295 e. The summed E-state index contributed by atoms with van der Waals surface area (Å²) in [5.74, 6) is 0.663. The van der Waals surface area contributed by atoms with Gasteiger partial charge in [-0.2, -0.15) is 0 Å². The molecule has 1 fully saturated rings. The highest BCUT2D eigenvalue weighted by Gasteiger charge is 2.25. The molecular formula is C17H19N3O3. The Morgan fingerprint density at radius 2 is 2.00 bits per heavy atom. The third kappa shape index (κ3) is 3.48. The Labute approximate surface area is 134 Å². The summed E-state index contributed by atoms with van der Waals surface area (Å²) in [5, 5.41) is 14.6. The highest BCUT2D eigenvalue weighted by atomic mass is 16.6. The molecule has 1 aliphatic rings. The molecule has 0 amide bonds. The molecule has 0 spiro atoms. The Morgan fingerprint density at radius 1 is 1.22 bits per heavy atom. The average molecular weight is 313 g/mol. The average Bonchev–Trinajstić information content (AvgIpc) is 3.03. The van der Waals surface area contributed by atoms with Gasteiger partial charge in [0.25, 0.3) is 5.69 Å². The molecule has 2 aromatic rings. The zero-order valence-corrected chi connectivity index (χ0v) is 12.9. The van der Waals surface area contributed by atoms with Crippen LogP contribution in [-0.4, -0.2) is 29.2 Å². The molecule has 2 unspecified atom stereocenters. The molecule has 1 heterocycles. The van der Waals surface area contributed by atoms with Crippen molar-refractivity contribution in [3.63, 3.8) is 0 Å². The maximum Gasteiger partial charge on any atom is 0.295 e. The van der Waals surface area contributed by atoms with Crippen molar-refractivity contribution >= 4 is 11.5 Å². The summed E-state index contributed by atoms with van der Waals surface area (Å²) in [5.41, 5.74) is 1.15. The number of rotatable bonds is 5. The normalized spacial score (nSPS) is 20.4.